The molecule has 1 fully saturated rings. The lowest BCUT2D eigenvalue weighted by Gasteiger charge is -2.41. The van der Waals surface area contributed by atoms with Crippen LogP contribution in [-0.4, -0.2) is 29.9 Å². The zero-order valence-corrected chi connectivity index (χ0v) is 13.4. The Morgan fingerprint density at radius 3 is 2.19 bits per heavy atom. The molecule has 1 rings (SSSR count). The molecule has 1 saturated carbocycles. The number of esters is 1. The van der Waals surface area contributed by atoms with Crippen molar-refractivity contribution >= 4 is 11.9 Å². The van der Waals surface area contributed by atoms with Crippen molar-refractivity contribution in [2.45, 2.75) is 58.6 Å². The van der Waals surface area contributed by atoms with Crippen LogP contribution in [0.1, 0.15) is 52.9 Å². The number of hydrogen-bond donors (Lipinski definition) is 2. The van der Waals surface area contributed by atoms with Gasteiger partial charge >= 0.3 is 5.97 Å². The van der Waals surface area contributed by atoms with Crippen molar-refractivity contribution in [1.82, 2.24) is 0 Å². The van der Waals surface area contributed by atoms with E-state index in [4.69, 9.17) is 5.73 Å². The van der Waals surface area contributed by atoms with Gasteiger partial charge in [0, 0.05) is 11.5 Å². The van der Waals surface area contributed by atoms with E-state index in [9.17, 15) is 14.7 Å². The second-order valence-electron chi connectivity index (χ2n) is 6.96. The summed E-state index contributed by atoms with van der Waals surface area (Å²) < 4.78 is 4.64. The smallest absolute Gasteiger partial charge is 0.353 e. The van der Waals surface area contributed by atoms with Crippen LogP contribution in [0.4, 0.5) is 0 Å². The van der Waals surface area contributed by atoms with E-state index < -0.39 is 23.0 Å². The molecular weight excluding hydrogens is 270 g/mol. The fourth-order valence-electron chi connectivity index (χ4n) is 3.26. The third kappa shape index (κ3) is 3.94. The van der Waals surface area contributed by atoms with Gasteiger partial charge < -0.3 is 9.84 Å². The molecule has 0 saturated heterocycles. The number of nitrogens with two attached hydrogens (primary N) is 1. The number of carbonyl (C=O) groups excluding carboxylic acids is 2. The number of hydrogen-bond acceptors (Lipinski definition) is 5. The van der Waals surface area contributed by atoms with Gasteiger partial charge in [-0.05, 0) is 24.2 Å². The first kappa shape index (κ1) is 17.9. The highest BCUT2D eigenvalue weighted by Gasteiger charge is 2.50. The van der Waals surface area contributed by atoms with E-state index in [2.05, 4.69) is 4.74 Å². The molecule has 0 bridgehead atoms. The van der Waals surface area contributed by atoms with E-state index in [-0.39, 0.29) is 5.92 Å². The van der Waals surface area contributed by atoms with Crippen LogP contribution >= 0.6 is 0 Å². The van der Waals surface area contributed by atoms with E-state index in [0.717, 1.165) is 32.1 Å². The lowest BCUT2D eigenvalue weighted by Crippen LogP contribution is -2.58. The minimum absolute atomic E-state index is 0.0106. The zero-order chi connectivity index (χ0) is 16.3. The Hall–Kier alpha value is -1.16. The summed E-state index contributed by atoms with van der Waals surface area (Å²) in [6, 6.07) is 0. The van der Waals surface area contributed by atoms with E-state index in [1.807, 2.05) is 26.7 Å². The highest BCUT2D eigenvalue weighted by atomic mass is 16.5. The number of rotatable bonds is 4. The fraction of sp³-hybridized carbons (Fsp3) is 0.812. The van der Waals surface area contributed by atoms with Crippen LogP contribution in [0.2, 0.25) is 0 Å². The Bertz CT molecular complexity index is 424. The van der Waals surface area contributed by atoms with Crippen LogP contribution in [0, 0.1) is 17.3 Å². The standard InChI is InChI=1S/C16H27NO4/c1-15(2,3)12(10-18)13(11-8-6-5-7-9-11)16(17,20)14(19)21-4/h11,13,20H,5-9,17H2,1-4H3. The van der Waals surface area contributed by atoms with Gasteiger partial charge in [0.25, 0.3) is 0 Å². The number of aliphatic hydroxyl groups is 1. The van der Waals surface area contributed by atoms with Gasteiger partial charge in [-0.2, -0.15) is 0 Å². The first-order valence-corrected chi connectivity index (χ1v) is 7.51. The molecular formula is C16H27NO4. The first-order valence-electron chi connectivity index (χ1n) is 7.51. The Kier molecular flexibility index (Phi) is 5.74. The molecule has 5 heteroatoms. The topological polar surface area (TPSA) is 89.6 Å². The number of carbonyl (C=O) groups is 1. The van der Waals surface area contributed by atoms with Crippen molar-refractivity contribution in [1.29, 1.82) is 0 Å². The van der Waals surface area contributed by atoms with Gasteiger partial charge in [0.2, 0.25) is 5.72 Å². The van der Waals surface area contributed by atoms with Gasteiger partial charge in [-0.3, -0.25) is 5.73 Å². The molecule has 0 aliphatic heterocycles. The van der Waals surface area contributed by atoms with Crippen molar-refractivity contribution in [3.63, 3.8) is 0 Å². The second-order valence-corrected chi connectivity index (χ2v) is 6.96. The molecule has 1 aliphatic rings. The summed E-state index contributed by atoms with van der Waals surface area (Å²) in [6.45, 7) is 5.57. The molecule has 0 aromatic rings. The van der Waals surface area contributed by atoms with Crippen molar-refractivity contribution < 1.29 is 19.4 Å². The lowest BCUT2D eigenvalue weighted by atomic mass is 9.66. The summed E-state index contributed by atoms with van der Waals surface area (Å²) in [7, 11) is 1.18. The molecule has 5 nitrogen and oxygen atoms in total. The molecule has 0 aromatic carbocycles. The molecule has 120 valence electrons. The van der Waals surface area contributed by atoms with Crippen LogP contribution in [0.3, 0.4) is 0 Å². The minimum atomic E-state index is -2.20. The molecule has 0 amide bonds. The molecule has 0 aromatic heterocycles. The largest absolute Gasteiger partial charge is 0.466 e. The van der Waals surface area contributed by atoms with Gasteiger partial charge in [0.15, 0.2) is 0 Å². The summed E-state index contributed by atoms with van der Waals surface area (Å²) in [4.78, 5) is 23.4. The highest BCUT2D eigenvalue weighted by Crippen LogP contribution is 2.43. The minimum Gasteiger partial charge on any atom is -0.466 e. The normalized spacial score (nSPS) is 21.0. The predicted molar refractivity (Wildman–Crippen MR) is 79.9 cm³/mol. The van der Waals surface area contributed by atoms with Gasteiger partial charge in [-0.1, -0.05) is 40.0 Å². The maximum Gasteiger partial charge on any atom is 0.353 e. The summed E-state index contributed by atoms with van der Waals surface area (Å²) >= 11 is 0. The quantitative estimate of drug-likeness (QED) is 0.469. The molecule has 2 unspecified atom stereocenters. The van der Waals surface area contributed by atoms with Crippen LogP contribution in [0.5, 0.6) is 0 Å². The fourth-order valence-corrected chi connectivity index (χ4v) is 3.26. The monoisotopic (exact) mass is 297 g/mol. The maximum absolute atomic E-state index is 11.9. The highest BCUT2D eigenvalue weighted by molar-refractivity contribution is 5.80. The van der Waals surface area contributed by atoms with Crippen molar-refractivity contribution in [2.75, 3.05) is 7.11 Å². The summed E-state index contributed by atoms with van der Waals surface area (Å²) in [5.74, 6) is 0.264. The molecule has 21 heavy (non-hydrogen) atoms. The predicted octanol–water partition coefficient (Wildman–Crippen LogP) is 1.81. The maximum atomic E-state index is 11.9. The van der Waals surface area contributed by atoms with Crippen LogP contribution < -0.4 is 5.73 Å². The molecule has 3 N–H and O–H groups in total. The van der Waals surface area contributed by atoms with Crippen molar-refractivity contribution in [2.24, 2.45) is 23.0 Å². The number of methoxy groups -OCH3 is 1. The first-order chi connectivity index (χ1) is 9.66. The third-order valence-electron chi connectivity index (χ3n) is 4.34. The summed E-state index contributed by atoms with van der Waals surface area (Å²) in [6.07, 6.45) is 4.81. The van der Waals surface area contributed by atoms with Gasteiger partial charge in [-0.15, -0.1) is 0 Å². The molecule has 0 spiro atoms. The van der Waals surface area contributed by atoms with Gasteiger partial charge in [0.1, 0.15) is 5.94 Å². The van der Waals surface area contributed by atoms with Crippen LogP contribution in [0.25, 0.3) is 0 Å². The van der Waals surface area contributed by atoms with Crippen LogP contribution in [-0.2, 0) is 14.3 Å². The van der Waals surface area contributed by atoms with E-state index in [1.165, 1.54) is 7.11 Å². The SMILES string of the molecule is COC(=O)C(N)(O)C(C(=C=O)C(C)(C)C)C1CCCCC1. The average molecular weight is 297 g/mol. The Balaban J connectivity index is 3.28. The lowest BCUT2D eigenvalue weighted by molar-refractivity contribution is -0.169. The molecule has 1 aliphatic carbocycles. The summed E-state index contributed by atoms with van der Waals surface area (Å²) in [5, 5.41) is 10.6. The van der Waals surface area contributed by atoms with E-state index in [1.54, 1.807) is 0 Å². The van der Waals surface area contributed by atoms with Crippen LogP contribution in [0.15, 0.2) is 5.57 Å². The van der Waals surface area contributed by atoms with E-state index in [0.29, 0.717) is 5.57 Å². The molecule has 0 heterocycles. The number of ether oxygens (including phenoxy) is 1. The average Bonchev–Trinajstić information content (AvgIpc) is 2.42. The van der Waals surface area contributed by atoms with Crippen molar-refractivity contribution in [3.05, 3.63) is 5.57 Å². The Labute approximate surface area is 126 Å². The third-order valence-corrected chi connectivity index (χ3v) is 4.34. The van der Waals surface area contributed by atoms with E-state index >= 15 is 0 Å². The molecule has 2 atom stereocenters. The van der Waals surface area contributed by atoms with Gasteiger partial charge in [0.05, 0.1) is 7.11 Å². The van der Waals surface area contributed by atoms with Crippen molar-refractivity contribution in [3.8, 4) is 0 Å². The zero-order valence-electron chi connectivity index (χ0n) is 13.4. The Morgan fingerprint density at radius 1 is 1.29 bits per heavy atom. The Morgan fingerprint density at radius 2 is 1.81 bits per heavy atom. The van der Waals surface area contributed by atoms with Gasteiger partial charge in [-0.25, -0.2) is 9.59 Å². The summed E-state index contributed by atoms with van der Waals surface area (Å²) in [5.41, 5.74) is 3.53. The molecule has 0 radical (unpaired) electrons. The second kappa shape index (κ2) is 6.73.